The number of rotatable bonds is 5. The van der Waals surface area contributed by atoms with Gasteiger partial charge in [0, 0.05) is 0 Å². The molecule has 13 heteroatoms. The van der Waals surface area contributed by atoms with Crippen LogP contribution >= 0.6 is 0 Å². The molecule has 0 aromatic heterocycles. The maximum Gasteiger partial charge on any atom is 0.413 e. The molecule has 1 aliphatic rings. The van der Waals surface area contributed by atoms with Gasteiger partial charge in [-0.15, -0.1) is 0 Å². The molecule has 126 valence electrons. The van der Waals surface area contributed by atoms with Crippen molar-refractivity contribution >= 4 is 10.4 Å². The number of alkyl halides is 3. The number of aliphatic hydroxyl groups is 4. The van der Waals surface area contributed by atoms with Crippen LogP contribution in [0, 0.1) is 0 Å². The zero-order valence-electron chi connectivity index (χ0n) is 10.2. The molecule has 0 spiro atoms. The first kappa shape index (κ1) is 18.5. The van der Waals surface area contributed by atoms with Crippen molar-refractivity contribution in [3.63, 3.8) is 0 Å². The number of hydrogen-bond donors (Lipinski definition) is 4. The van der Waals surface area contributed by atoms with E-state index >= 15 is 0 Å². The molecular weight excluding hydrogens is 329 g/mol. The van der Waals surface area contributed by atoms with Gasteiger partial charge in [-0.05, 0) is 0 Å². The van der Waals surface area contributed by atoms with Crippen molar-refractivity contribution in [3.05, 3.63) is 0 Å². The minimum atomic E-state index is -5.02. The lowest BCUT2D eigenvalue weighted by Gasteiger charge is -2.37. The van der Waals surface area contributed by atoms with Crippen molar-refractivity contribution in [2.75, 3.05) is 13.2 Å². The minimum absolute atomic E-state index is 1.04. The highest BCUT2D eigenvalue weighted by Gasteiger charge is 2.43. The van der Waals surface area contributed by atoms with Gasteiger partial charge in [0.15, 0.2) is 12.9 Å². The van der Waals surface area contributed by atoms with Gasteiger partial charge >= 0.3 is 16.6 Å². The van der Waals surface area contributed by atoms with Crippen molar-refractivity contribution in [1.82, 2.24) is 0 Å². The molecule has 9 nitrogen and oxygen atoms in total. The van der Waals surface area contributed by atoms with Crippen molar-refractivity contribution in [2.24, 2.45) is 0 Å². The van der Waals surface area contributed by atoms with Gasteiger partial charge in [-0.2, -0.15) is 21.6 Å². The summed E-state index contributed by atoms with van der Waals surface area (Å²) in [4.78, 5) is 0. The van der Waals surface area contributed by atoms with Crippen molar-refractivity contribution in [1.29, 1.82) is 0 Å². The van der Waals surface area contributed by atoms with E-state index in [1.807, 2.05) is 0 Å². The average Bonchev–Trinajstić information content (AvgIpc) is 2.36. The van der Waals surface area contributed by atoms with Crippen LogP contribution in [-0.2, 0) is 23.5 Å². The summed E-state index contributed by atoms with van der Waals surface area (Å²) in [5.41, 5.74) is 0. The Morgan fingerprint density at radius 3 is 2.10 bits per heavy atom. The molecular formula is C8H13F3O9S. The Kier molecular flexibility index (Phi) is 5.91. The van der Waals surface area contributed by atoms with Crippen molar-refractivity contribution in [2.45, 2.75) is 36.9 Å². The molecule has 0 radical (unpaired) electrons. The third kappa shape index (κ3) is 5.63. The molecule has 1 unspecified atom stereocenters. The van der Waals surface area contributed by atoms with Crippen LogP contribution in [0.4, 0.5) is 13.2 Å². The Morgan fingerprint density at radius 2 is 1.57 bits per heavy atom. The van der Waals surface area contributed by atoms with E-state index < -0.39 is 60.5 Å². The van der Waals surface area contributed by atoms with Crippen LogP contribution in [0.5, 0.6) is 0 Å². The van der Waals surface area contributed by atoms with Gasteiger partial charge < -0.3 is 25.2 Å². The second-order valence-electron chi connectivity index (χ2n) is 4.11. The highest BCUT2D eigenvalue weighted by atomic mass is 32.3. The van der Waals surface area contributed by atoms with Crippen molar-refractivity contribution in [3.8, 4) is 0 Å². The Hall–Kier alpha value is -0.540. The summed E-state index contributed by atoms with van der Waals surface area (Å²) < 4.78 is 69.4. The second-order valence-corrected chi connectivity index (χ2v) is 5.39. The van der Waals surface area contributed by atoms with Crippen LogP contribution in [0.2, 0.25) is 0 Å². The van der Waals surface area contributed by atoms with Crippen LogP contribution in [0.1, 0.15) is 0 Å². The fourth-order valence-electron chi connectivity index (χ4n) is 1.39. The number of aliphatic hydroxyl groups excluding tert-OH is 4. The number of ether oxygens (including phenoxy) is 1. The molecule has 0 aromatic carbocycles. The Labute approximate surface area is 116 Å². The molecule has 0 bridgehead atoms. The summed E-state index contributed by atoms with van der Waals surface area (Å²) in [7, 11) is -5.02. The first-order valence-electron chi connectivity index (χ1n) is 5.41. The molecule has 1 fully saturated rings. The lowest BCUT2D eigenvalue weighted by atomic mass is 10.00. The molecule has 1 saturated heterocycles. The first-order valence-corrected chi connectivity index (χ1v) is 6.74. The van der Waals surface area contributed by atoms with E-state index in [2.05, 4.69) is 13.1 Å². The minimum Gasteiger partial charge on any atom is -0.387 e. The van der Waals surface area contributed by atoms with E-state index in [4.69, 9.17) is 10.2 Å². The summed E-state index contributed by atoms with van der Waals surface area (Å²) in [6.07, 6.45) is -14.0. The van der Waals surface area contributed by atoms with Gasteiger partial charge in [0.2, 0.25) is 0 Å². The van der Waals surface area contributed by atoms with Crippen LogP contribution < -0.4 is 0 Å². The van der Waals surface area contributed by atoms with Gasteiger partial charge in [0.05, 0.1) is 6.61 Å². The Morgan fingerprint density at radius 1 is 1.00 bits per heavy atom. The smallest absolute Gasteiger partial charge is 0.387 e. The molecule has 1 aliphatic heterocycles. The zero-order valence-corrected chi connectivity index (χ0v) is 11.0. The summed E-state index contributed by atoms with van der Waals surface area (Å²) in [5, 5.41) is 37.0. The molecule has 21 heavy (non-hydrogen) atoms. The molecule has 1 heterocycles. The average molecular weight is 342 g/mol. The summed E-state index contributed by atoms with van der Waals surface area (Å²) in [6.45, 7) is -3.14. The van der Waals surface area contributed by atoms with Crippen LogP contribution in [0.15, 0.2) is 0 Å². The normalized spacial score (nSPS) is 34.9. The zero-order chi connectivity index (χ0) is 16.4. The van der Waals surface area contributed by atoms with Gasteiger partial charge in [0.1, 0.15) is 24.4 Å². The van der Waals surface area contributed by atoms with Crippen LogP contribution in [0.25, 0.3) is 0 Å². The van der Waals surface area contributed by atoms with E-state index in [0.29, 0.717) is 0 Å². The molecule has 4 N–H and O–H groups in total. The summed E-state index contributed by atoms with van der Waals surface area (Å²) in [6, 6.07) is 0. The second kappa shape index (κ2) is 6.70. The number of hydrogen-bond acceptors (Lipinski definition) is 9. The van der Waals surface area contributed by atoms with E-state index in [0.717, 1.165) is 0 Å². The highest BCUT2D eigenvalue weighted by Crippen LogP contribution is 2.21. The lowest BCUT2D eigenvalue weighted by Crippen LogP contribution is -2.58. The van der Waals surface area contributed by atoms with E-state index in [1.54, 1.807) is 0 Å². The third-order valence-electron chi connectivity index (χ3n) is 2.43. The predicted octanol–water partition coefficient (Wildman–Crippen LogP) is -2.37. The van der Waals surface area contributed by atoms with Crippen LogP contribution in [-0.4, -0.2) is 78.9 Å². The van der Waals surface area contributed by atoms with E-state index in [9.17, 15) is 31.8 Å². The first-order chi connectivity index (χ1) is 9.43. The molecule has 0 aromatic rings. The standard InChI is InChI=1S/C8H13F3O9S/c9-8(10,11)2-19-21(16,17)18-1-3-4(12)5(13)6(14)7(15)20-3/h3-7,12-15H,1-2H2/t3-,4+,5+,6-,7?/m1/s1. The third-order valence-corrected chi connectivity index (χ3v) is 3.26. The topological polar surface area (TPSA) is 143 Å². The van der Waals surface area contributed by atoms with E-state index in [-0.39, 0.29) is 0 Å². The van der Waals surface area contributed by atoms with Gasteiger partial charge in [-0.3, -0.25) is 0 Å². The van der Waals surface area contributed by atoms with Gasteiger partial charge in [0.25, 0.3) is 0 Å². The molecule has 0 saturated carbocycles. The summed E-state index contributed by atoms with van der Waals surface area (Å²) >= 11 is 0. The predicted molar refractivity (Wildman–Crippen MR) is 55.8 cm³/mol. The number of halogens is 3. The highest BCUT2D eigenvalue weighted by molar-refractivity contribution is 7.81. The fraction of sp³-hybridized carbons (Fsp3) is 1.00. The summed E-state index contributed by atoms with van der Waals surface area (Å²) in [5.74, 6) is 0. The maximum absolute atomic E-state index is 11.8. The van der Waals surface area contributed by atoms with Gasteiger partial charge in [-0.25, -0.2) is 8.37 Å². The lowest BCUT2D eigenvalue weighted by molar-refractivity contribution is -0.285. The fourth-order valence-corrected chi connectivity index (χ4v) is 2.04. The molecule has 0 aliphatic carbocycles. The molecule has 0 amide bonds. The molecule has 5 atom stereocenters. The molecule has 1 rings (SSSR count). The quantitative estimate of drug-likeness (QED) is 0.431. The van der Waals surface area contributed by atoms with Crippen LogP contribution in [0.3, 0.4) is 0 Å². The monoisotopic (exact) mass is 342 g/mol. The Balaban J connectivity index is 2.54. The maximum atomic E-state index is 11.8. The largest absolute Gasteiger partial charge is 0.413 e. The van der Waals surface area contributed by atoms with Crippen molar-refractivity contribution < 1.29 is 55.1 Å². The van der Waals surface area contributed by atoms with Gasteiger partial charge in [-0.1, -0.05) is 0 Å². The SMILES string of the molecule is O=S(=O)(OC[C@H]1OC(O)[C@H](O)[C@@H](O)[C@H]1O)OCC(F)(F)F. The Bertz CT molecular complexity index is 439. The van der Waals surface area contributed by atoms with E-state index in [1.165, 1.54) is 0 Å².